The Bertz CT molecular complexity index is 4850. The van der Waals surface area contributed by atoms with Crippen LogP contribution in [0.1, 0.15) is 72.6 Å². The monoisotopic (exact) mass is 1880 g/mol. The molecule has 16 heteroatoms. The Balaban J connectivity index is 0.000000163. The average molecular weight is 1880 g/mol. The van der Waals surface area contributed by atoms with Crippen molar-refractivity contribution in [1.29, 1.82) is 0 Å². The molecule has 2 aliphatic heterocycles. The first-order valence-corrected chi connectivity index (χ1v) is 33.1. The molecule has 0 atom stereocenters. The maximum absolute atomic E-state index is 6.07. The van der Waals surface area contributed by atoms with Crippen LogP contribution in [0.2, 0.25) is 0 Å². The van der Waals surface area contributed by atoms with Crippen LogP contribution in [0.15, 0.2) is 220 Å². The van der Waals surface area contributed by atoms with Gasteiger partial charge in [-0.3, -0.25) is 19.9 Å². The number of benzene rings is 9. The summed E-state index contributed by atoms with van der Waals surface area (Å²) in [6.07, 6.45) is 23.4. The van der Waals surface area contributed by atoms with Gasteiger partial charge in [0.15, 0.2) is 0 Å². The third-order valence-corrected chi connectivity index (χ3v) is 18.3. The van der Waals surface area contributed by atoms with E-state index >= 15 is 0 Å². The van der Waals surface area contributed by atoms with Gasteiger partial charge in [-0.1, -0.05) is 42.5 Å². The SMILES string of the molecule is Cc1c(C)c(C)c(-n2cnc(-c3[c-]c(Cc4nc(-c5[c-]cccc5)cn4C)ccc3)c2)c(C)c1C.Cc1cccc(C)c1-n1cnc(-c2[c-]c(Cc3[c-]c(N4C=CN(C)[CH-]4)ccc3)ccc2)c1.Cc1cccc(C)c1-n1cnc(-c2[c-]c(Oc3[c-]c(N4C=CN(C)[CH-]4)ccc3)ccc2)c1.[Pt+2].[Pt].[Pt]. The molecule has 0 N–H and O–H groups in total. The van der Waals surface area contributed by atoms with Crippen molar-refractivity contribution in [3.63, 3.8) is 0 Å². The Hall–Kier alpha value is -9.64. The molecule has 4 aromatic heterocycles. The summed E-state index contributed by atoms with van der Waals surface area (Å²) >= 11 is 0. The Morgan fingerprint density at radius 3 is 1.28 bits per heavy atom. The summed E-state index contributed by atoms with van der Waals surface area (Å²) in [5, 5.41) is 0. The van der Waals surface area contributed by atoms with Gasteiger partial charge in [0.1, 0.15) is 5.82 Å². The van der Waals surface area contributed by atoms with E-state index in [1.165, 1.54) is 61.4 Å². The Labute approximate surface area is 644 Å². The molecule has 0 saturated carbocycles. The molecule has 0 amide bonds. The first-order valence-electron chi connectivity index (χ1n) is 33.1. The molecule has 0 saturated heterocycles. The fraction of sp³-hybridized carbons (Fsp3) is 0.163. The van der Waals surface area contributed by atoms with E-state index in [1.807, 2.05) is 160 Å². The van der Waals surface area contributed by atoms with Gasteiger partial charge < -0.3 is 42.6 Å². The fourth-order valence-corrected chi connectivity index (χ4v) is 12.7. The minimum Gasteiger partial charge on any atom is -0.510 e. The largest absolute Gasteiger partial charge is 2.00 e. The van der Waals surface area contributed by atoms with E-state index in [4.69, 9.17) is 14.7 Å². The standard InChI is InChI=1S/C31H30N4.C28H25N4.C27H23N4O.3Pt/c1-20-21(2)23(4)31(24(5)22(20)3)35-18-28(32-19-35)27-14-10-11-25(15-27)16-30-33-29(17-34(30)6)26-12-8-7-9-13-26;1-21-7-4-8-22(2)28(21)32-18-27(29-19-32)25-11-5-9-23(16-25)15-24-10-6-12-26(17-24)31-14-13-30(3)20-31;1-20-7-4-8-21(2)27(20)31-17-26(28-18-31)22-9-5-11-24(15-22)32-25-12-6-10-23(16-25)30-14-13-29(3)19-30;;;/h7-12,14,17-19H,16H2,1-6H3;4-14,18-20H,15H2,1-3H3;4-14,17-19H,1-3H3;;;/q-2;2*-3;;;+2. The minimum absolute atomic E-state index is 0. The van der Waals surface area contributed by atoms with Crippen molar-refractivity contribution in [3.05, 3.63) is 343 Å². The van der Waals surface area contributed by atoms with Gasteiger partial charge in [0.05, 0.1) is 36.0 Å². The maximum atomic E-state index is 6.07. The molecule has 0 aliphatic carbocycles. The van der Waals surface area contributed by atoms with Crippen LogP contribution >= 0.6 is 0 Å². The van der Waals surface area contributed by atoms with E-state index in [2.05, 4.69) is 241 Å². The summed E-state index contributed by atoms with van der Waals surface area (Å²) in [6.45, 7) is 23.5. The smallest absolute Gasteiger partial charge is 0.510 e. The van der Waals surface area contributed by atoms with Crippen LogP contribution in [0.5, 0.6) is 11.5 Å². The van der Waals surface area contributed by atoms with E-state index in [0.717, 1.165) is 91.0 Å². The van der Waals surface area contributed by atoms with Crippen LogP contribution in [-0.4, -0.2) is 62.1 Å². The van der Waals surface area contributed by atoms with Gasteiger partial charge in [0, 0.05) is 89.9 Å². The molecule has 0 bridgehead atoms. The number of ether oxygens (including phenoxy) is 1. The van der Waals surface area contributed by atoms with Gasteiger partial charge in [0.2, 0.25) is 0 Å². The molecule has 102 heavy (non-hydrogen) atoms. The molecule has 9 aromatic carbocycles. The molecule has 0 fully saturated rings. The number of imidazole rings is 4. The molecule has 2 aliphatic rings. The van der Waals surface area contributed by atoms with Crippen LogP contribution in [0, 0.1) is 112 Å². The second-order valence-electron chi connectivity index (χ2n) is 25.4. The molecule has 0 unspecified atom stereocenters. The quantitative estimate of drug-likeness (QED) is 0.0930. The van der Waals surface area contributed by atoms with E-state index < -0.39 is 0 Å². The summed E-state index contributed by atoms with van der Waals surface area (Å²) in [6, 6.07) is 71.6. The van der Waals surface area contributed by atoms with Crippen molar-refractivity contribution in [1.82, 2.24) is 48.0 Å². The predicted octanol–water partition coefficient (Wildman–Crippen LogP) is 18.2. The van der Waals surface area contributed by atoms with E-state index in [9.17, 15) is 0 Å². The van der Waals surface area contributed by atoms with Crippen molar-refractivity contribution in [3.8, 4) is 73.6 Å². The van der Waals surface area contributed by atoms with Crippen LogP contribution in [0.4, 0.5) is 11.4 Å². The summed E-state index contributed by atoms with van der Waals surface area (Å²) in [4.78, 5) is 27.0. The number of rotatable bonds is 15. The van der Waals surface area contributed by atoms with Crippen LogP contribution in [0.3, 0.4) is 0 Å². The van der Waals surface area contributed by atoms with Crippen LogP contribution in [0.25, 0.3) is 62.1 Å². The summed E-state index contributed by atoms with van der Waals surface area (Å²) in [5.41, 5.74) is 27.9. The number of aromatic nitrogens is 8. The van der Waals surface area contributed by atoms with E-state index in [0.29, 0.717) is 17.9 Å². The first-order chi connectivity index (χ1) is 48.0. The van der Waals surface area contributed by atoms with Crippen molar-refractivity contribution in [2.24, 2.45) is 7.05 Å². The zero-order valence-corrected chi connectivity index (χ0v) is 65.9. The predicted molar refractivity (Wildman–Crippen MR) is 397 cm³/mol. The molecule has 0 radical (unpaired) electrons. The number of hydrogen-bond acceptors (Lipinski definition) is 9. The van der Waals surface area contributed by atoms with E-state index in [1.54, 1.807) is 0 Å². The third-order valence-electron chi connectivity index (χ3n) is 18.3. The second-order valence-corrected chi connectivity index (χ2v) is 25.4. The van der Waals surface area contributed by atoms with Gasteiger partial charge in [-0.25, -0.2) is 0 Å². The molecular weight excluding hydrogens is 1800 g/mol. The first kappa shape index (κ1) is 75.0. The number of hydrogen-bond donors (Lipinski definition) is 0. The fourth-order valence-electron chi connectivity index (χ4n) is 12.7. The van der Waals surface area contributed by atoms with Crippen LogP contribution < -0.4 is 14.5 Å². The zero-order valence-electron chi connectivity index (χ0n) is 59.1. The number of nitrogens with zero attached hydrogens (tertiary/aromatic N) is 12. The number of aryl methyl sites for hydroxylation is 5. The van der Waals surface area contributed by atoms with Gasteiger partial charge in [0.25, 0.3) is 0 Å². The maximum Gasteiger partial charge on any atom is 2.00 e. The van der Waals surface area contributed by atoms with Crippen molar-refractivity contribution >= 4 is 11.4 Å². The normalized spacial score (nSPS) is 12.1. The second kappa shape index (κ2) is 33.4. The Morgan fingerprint density at radius 1 is 0.382 bits per heavy atom. The van der Waals surface area contributed by atoms with E-state index in [-0.39, 0.29) is 63.2 Å². The van der Waals surface area contributed by atoms with Gasteiger partial charge in [-0.05, 0) is 182 Å². The molecule has 13 nitrogen and oxygen atoms in total. The third kappa shape index (κ3) is 17.1. The van der Waals surface area contributed by atoms with Crippen LogP contribution in [-0.2, 0) is 83.1 Å². The minimum atomic E-state index is 0. The van der Waals surface area contributed by atoms with Crippen molar-refractivity contribution in [2.75, 3.05) is 23.9 Å². The topological polar surface area (TPSA) is 93.5 Å². The molecule has 524 valence electrons. The number of para-hydroxylation sites is 2. The Morgan fingerprint density at radius 2 is 0.794 bits per heavy atom. The van der Waals surface area contributed by atoms with Gasteiger partial charge >= 0.3 is 21.1 Å². The molecule has 6 heterocycles. The van der Waals surface area contributed by atoms with Crippen molar-refractivity contribution < 1.29 is 67.9 Å². The summed E-state index contributed by atoms with van der Waals surface area (Å²) in [5.74, 6) is 2.25. The summed E-state index contributed by atoms with van der Waals surface area (Å²) < 4.78 is 14.5. The molecule has 0 spiro atoms. The van der Waals surface area contributed by atoms with Gasteiger partial charge in [-0.15, -0.1) is 160 Å². The number of anilines is 2. The zero-order chi connectivity index (χ0) is 68.8. The summed E-state index contributed by atoms with van der Waals surface area (Å²) in [7, 11) is 6.04. The van der Waals surface area contributed by atoms with Gasteiger partial charge in [-0.2, -0.15) is 49.2 Å². The average Bonchev–Trinajstić information content (AvgIpc) is 1.51. The van der Waals surface area contributed by atoms with Crippen molar-refractivity contribution in [2.45, 2.75) is 75.2 Å². The molecule has 13 aromatic rings. The molecule has 15 rings (SSSR count). The Kier molecular flexibility index (Phi) is 24.6. The molecular formula is C86H78N12OPt3-6.